The molecule has 1 aromatic heterocycles. The van der Waals surface area contributed by atoms with Crippen LogP contribution in [0, 0.1) is 18.3 Å². The fourth-order valence-electron chi connectivity index (χ4n) is 4.33. The van der Waals surface area contributed by atoms with Crippen molar-refractivity contribution in [2.24, 2.45) is 11.3 Å². The Morgan fingerprint density at radius 2 is 2.19 bits per heavy atom. The van der Waals surface area contributed by atoms with Crippen LogP contribution in [-0.4, -0.2) is 65.7 Å². The summed E-state index contributed by atoms with van der Waals surface area (Å²) in [7, 11) is 0. The molecule has 2 aliphatic heterocycles. The van der Waals surface area contributed by atoms with Crippen LogP contribution in [0.1, 0.15) is 49.7 Å². The van der Waals surface area contributed by atoms with Crippen LogP contribution >= 0.6 is 0 Å². The van der Waals surface area contributed by atoms with E-state index >= 15 is 0 Å². The van der Waals surface area contributed by atoms with Gasteiger partial charge in [0.05, 0.1) is 17.7 Å². The Balaban J connectivity index is 1.86. The maximum atomic E-state index is 12.9. The quantitative estimate of drug-likeness (QED) is 0.763. The number of hydrogen-bond donors (Lipinski definition) is 0. The number of carbonyl (C=O) groups excluding carboxylic acids is 2. The van der Waals surface area contributed by atoms with Gasteiger partial charge in [0.2, 0.25) is 0 Å². The number of ether oxygens (including phenoxy) is 1. The summed E-state index contributed by atoms with van der Waals surface area (Å²) in [4.78, 5) is 30.0. The van der Waals surface area contributed by atoms with Crippen LogP contribution in [0.4, 0.5) is 0 Å². The van der Waals surface area contributed by atoms with Crippen molar-refractivity contribution >= 4 is 11.9 Å². The van der Waals surface area contributed by atoms with E-state index in [1.165, 1.54) is 6.26 Å². The van der Waals surface area contributed by atoms with E-state index in [-0.39, 0.29) is 17.8 Å². The number of aryl methyl sites for hydroxylation is 1. The normalized spacial score (nSPS) is 26.7. The first kappa shape index (κ1) is 18.9. The minimum atomic E-state index is -0.515. The van der Waals surface area contributed by atoms with Gasteiger partial charge in [-0.15, -0.1) is 0 Å². The zero-order valence-corrected chi connectivity index (χ0v) is 16.2. The van der Waals surface area contributed by atoms with E-state index in [9.17, 15) is 9.59 Å². The van der Waals surface area contributed by atoms with Crippen LogP contribution in [0.15, 0.2) is 10.8 Å². The van der Waals surface area contributed by atoms with Gasteiger partial charge in [-0.2, -0.15) is 0 Å². The lowest BCUT2D eigenvalue weighted by Crippen LogP contribution is -2.43. The minimum Gasteiger partial charge on any atom is -0.466 e. The summed E-state index contributed by atoms with van der Waals surface area (Å²) in [6, 6.07) is 0.359. The summed E-state index contributed by atoms with van der Waals surface area (Å²) >= 11 is 0. The minimum absolute atomic E-state index is 0.0635. The van der Waals surface area contributed by atoms with E-state index < -0.39 is 5.41 Å². The topological polar surface area (TPSA) is 75.9 Å². The van der Waals surface area contributed by atoms with E-state index in [2.05, 4.69) is 23.9 Å². The standard InChI is InChI=1S/C19H29N3O4/c1-5-25-18(24)19-7-6-8-21(17(23)16-11-26-20-14(16)4)9-15(19)10-22(12-19)13(2)3/h11,13,15H,5-10,12H2,1-4H3/t15-,19-/m0/s1. The van der Waals surface area contributed by atoms with Crippen molar-refractivity contribution in [1.29, 1.82) is 0 Å². The number of hydrogen-bond acceptors (Lipinski definition) is 6. The number of aromatic nitrogens is 1. The van der Waals surface area contributed by atoms with Crippen molar-refractivity contribution in [2.45, 2.75) is 46.6 Å². The first-order chi connectivity index (χ1) is 12.4. The Labute approximate surface area is 154 Å². The molecule has 1 amide bonds. The van der Waals surface area contributed by atoms with E-state index in [0.717, 1.165) is 19.4 Å². The summed E-state index contributed by atoms with van der Waals surface area (Å²) in [5, 5.41) is 3.82. The molecule has 0 aliphatic carbocycles. The molecule has 7 nitrogen and oxygen atoms in total. The molecule has 0 N–H and O–H groups in total. The van der Waals surface area contributed by atoms with Gasteiger partial charge in [0, 0.05) is 38.1 Å². The summed E-state index contributed by atoms with van der Waals surface area (Å²) < 4.78 is 10.4. The van der Waals surface area contributed by atoms with Gasteiger partial charge in [0.1, 0.15) is 11.8 Å². The molecule has 7 heteroatoms. The molecule has 0 saturated carbocycles. The largest absolute Gasteiger partial charge is 0.466 e. The fraction of sp³-hybridized carbons (Fsp3) is 0.737. The zero-order valence-electron chi connectivity index (χ0n) is 16.2. The third-order valence-electron chi connectivity index (χ3n) is 5.89. The number of fused-ring (bicyclic) bond motifs is 1. The van der Waals surface area contributed by atoms with Crippen molar-refractivity contribution in [3.8, 4) is 0 Å². The first-order valence-corrected chi connectivity index (χ1v) is 9.50. The third kappa shape index (κ3) is 3.24. The molecule has 2 saturated heterocycles. The number of rotatable bonds is 4. The predicted octanol–water partition coefficient (Wildman–Crippen LogP) is 2.11. The van der Waals surface area contributed by atoms with Gasteiger partial charge in [-0.1, -0.05) is 5.16 Å². The Hall–Kier alpha value is -1.89. The second-order valence-electron chi connectivity index (χ2n) is 7.77. The lowest BCUT2D eigenvalue weighted by molar-refractivity contribution is -0.157. The Morgan fingerprint density at radius 1 is 1.42 bits per heavy atom. The molecule has 2 atom stereocenters. The highest BCUT2D eigenvalue weighted by atomic mass is 16.5. The SMILES string of the molecule is CCOC(=O)[C@]12CCCN(C(=O)c3conc3C)C[C@H]1CN(C(C)C)C2. The Bertz CT molecular complexity index is 671. The lowest BCUT2D eigenvalue weighted by atomic mass is 9.75. The van der Waals surface area contributed by atoms with Crippen molar-refractivity contribution in [3.63, 3.8) is 0 Å². The number of nitrogens with zero attached hydrogens (tertiary/aromatic N) is 3. The van der Waals surface area contributed by atoms with Gasteiger partial charge < -0.3 is 14.2 Å². The molecule has 144 valence electrons. The number of amides is 1. The molecule has 1 aromatic rings. The van der Waals surface area contributed by atoms with Gasteiger partial charge in [0.15, 0.2) is 0 Å². The average Bonchev–Trinajstić information content (AvgIpc) is 3.14. The highest BCUT2D eigenvalue weighted by Gasteiger charge is 2.54. The molecule has 26 heavy (non-hydrogen) atoms. The van der Waals surface area contributed by atoms with Crippen LogP contribution in [-0.2, 0) is 9.53 Å². The van der Waals surface area contributed by atoms with Crippen LogP contribution < -0.4 is 0 Å². The molecule has 3 heterocycles. The second-order valence-corrected chi connectivity index (χ2v) is 7.77. The van der Waals surface area contributed by atoms with Crippen LogP contribution in [0.2, 0.25) is 0 Å². The van der Waals surface area contributed by atoms with E-state index in [4.69, 9.17) is 9.26 Å². The van der Waals surface area contributed by atoms with E-state index in [1.807, 2.05) is 11.8 Å². The summed E-state index contributed by atoms with van der Waals surface area (Å²) in [5.41, 5.74) is 0.595. The van der Waals surface area contributed by atoms with Crippen LogP contribution in [0.3, 0.4) is 0 Å². The van der Waals surface area contributed by atoms with Gasteiger partial charge in [0.25, 0.3) is 5.91 Å². The smallest absolute Gasteiger partial charge is 0.313 e. The monoisotopic (exact) mass is 363 g/mol. The van der Waals surface area contributed by atoms with Gasteiger partial charge in [-0.3, -0.25) is 14.5 Å². The maximum Gasteiger partial charge on any atom is 0.313 e. The van der Waals surface area contributed by atoms with Crippen molar-refractivity contribution in [2.75, 3.05) is 32.8 Å². The van der Waals surface area contributed by atoms with E-state index in [0.29, 0.717) is 43.5 Å². The number of esters is 1. The van der Waals surface area contributed by atoms with Crippen LogP contribution in [0.25, 0.3) is 0 Å². The highest BCUT2D eigenvalue weighted by Crippen LogP contribution is 2.44. The molecule has 2 aliphatic rings. The van der Waals surface area contributed by atoms with Gasteiger partial charge in [-0.05, 0) is 40.5 Å². The zero-order chi connectivity index (χ0) is 18.9. The van der Waals surface area contributed by atoms with Gasteiger partial charge in [-0.25, -0.2) is 0 Å². The van der Waals surface area contributed by atoms with Gasteiger partial charge >= 0.3 is 5.97 Å². The highest BCUT2D eigenvalue weighted by molar-refractivity contribution is 5.95. The molecule has 0 aromatic carbocycles. The van der Waals surface area contributed by atoms with Crippen molar-refractivity contribution in [1.82, 2.24) is 15.0 Å². The molecule has 0 unspecified atom stereocenters. The van der Waals surface area contributed by atoms with E-state index in [1.54, 1.807) is 6.92 Å². The molecule has 2 fully saturated rings. The Morgan fingerprint density at radius 3 is 2.81 bits per heavy atom. The lowest BCUT2D eigenvalue weighted by Gasteiger charge is -2.31. The molecule has 0 spiro atoms. The molecule has 0 radical (unpaired) electrons. The molecular formula is C19H29N3O4. The average molecular weight is 363 g/mol. The van der Waals surface area contributed by atoms with Crippen molar-refractivity contribution in [3.05, 3.63) is 17.5 Å². The number of carbonyl (C=O) groups is 2. The summed E-state index contributed by atoms with van der Waals surface area (Å²) in [6.07, 6.45) is 2.96. The number of likely N-dealkylation sites (tertiary alicyclic amines) is 2. The molecule has 0 bridgehead atoms. The van der Waals surface area contributed by atoms with Crippen LogP contribution in [0.5, 0.6) is 0 Å². The second kappa shape index (κ2) is 7.39. The predicted molar refractivity (Wildman–Crippen MR) is 95.6 cm³/mol. The van der Waals surface area contributed by atoms with Crippen molar-refractivity contribution < 1.29 is 18.8 Å². The first-order valence-electron chi connectivity index (χ1n) is 9.50. The third-order valence-corrected chi connectivity index (χ3v) is 5.89. The fourth-order valence-corrected chi connectivity index (χ4v) is 4.33. The summed E-state index contributed by atoms with van der Waals surface area (Å²) in [5.74, 6) is -0.0921. The molecule has 3 rings (SSSR count). The maximum absolute atomic E-state index is 12.9. The molecular weight excluding hydrogens is 334 g/mol. The Kier molecular flexibility index (Phi) is 5.37. The summed E-state index contributed by atoms with van der Waals surface area (Å²) in [6.45, 7) is 11.0.